The molecule has 4 saturated carbocycles. The summed E-state index contributed by atoms with van der Waals surface area (Å²) < 4.78 is 5.94. The first kappa shape index (κ1) is 17.2. The maximum atomic E-state index is 12.9. The average molecular weight is 363 g/mol. The summed E-state index contributed by atoms with van der Waals surface area (Å²) >= 11 is 6.17. The van der Waals surface area contributed by atoms with Crippen LogP contribution in [-0.4, -0.2) is 23.1 Å². The Hall–Kier alpha value is -1.26. The van der Waals surface area contributed by atoms with Crippen LogP contribution in [0.2, 0.25) is 5.02 Å². The number of ether oxygens (including phenoxy) is 1. The van der Waals surface area contributed by atoms with Crippen molar-refractivity contribution >= 4 is 17.5 Å². The van der Waals surface area contributed by atoms with Crippen LogP contribution >= 0.6 is 11.6 Å². The number of carbonyl (C=O) groups excluding carboxylic acids is 1. The van der Waals surface area contributed by atoms with Gasteiger partial charge in [-0.15, -0.1) is 0 Å². The molecule has 1 aromatic carbocycles. The monoisotopic (exact) mass is 362 g/mol. The van der Waals surface area contributed by atoms with E-state index in [-0.39, 0.29) is 17.5 Å². The summed E-state index contributed by atoms with van der Waals surface area (Å²) in [5.41, 5.74) is 5.61. The second-order valence-electron chi connectivity index (χ2n) is 8.87. The van der Waals surface area contributed by atoms with Gasteiger partial charge in [-0.1, -0.05) is 23.7 Å². The van der Waals surface area contributed by atoms with E-state index < -0.39 is 5.60 Å². The molecule has 4 fully saturated rings. The fourth-order valence-electron chi connectivity index (χ4n) is 5.50. The molecule has 4 aliphatic carbocycles. The zero-order valence-corrected chi connectivity index (χ0v) is 15.7. The van der Waals surface area contributed by atoms with Gasteiger partial charge in [0, 0.05) is 11.6 Å². The number of para-hydroxylation sites is 1. The summed E-state index contributed by atoms with van der Waals surface area (Å²) in [6.07, 6.45) is 5.65. The Balaban J connectivity index is 1.46. The van der Waals surface area contributed by atoms with Crippen molar-refractivity contribution in [1.29, 1.82) is 0 Å². The van der Waals surface area contributed by atoms with Crippen LogP contribution in [0.15, 0.2) is 24.3 Å². The van der Waals surface area contributed by atoms with Crippen molar-refractivity contribution in [2.24, 2.45) is 23.5 Å². The number of halogens is 1. The highest BCUT2D eigenvalue weighted by Crippen LogP contribution is 2.54. The zero-order valence-electron chi connectivity index (χ0n) is 14.9. The highest BCUT2D eigenvalue weighted by Gasteiger charge is 2.54. The molecule has 4 bridgehead atoms. The number of amides is 1. The van der Waals surface area contributed by atoms with E-state index in [1.807, 2.05) is 12.1 Å². The Bertz CT molecular complexity index is 674. The number of rotatable bonds is 4. The van der Waals surface area contributed by atoms with Crippen molar-refractivity contribution in [2.75, 3.05) is 0 Å². The lowest BCUT2D eigenvalue weighted by molar-refractivity contribution is -0.138. The lowest BCUT2D eigenvalue weighted by Crippen LogP contribution is -2.66. The fraction of sp³-hybridized carbons (Fsp3) is 0.650. The van der Waals surface area contributed by atoms with Gasteiger partial charge in [-0.25, -0.2) is 0 Å². The van der Waals surface area contributed by atoms with Crippen LogP contribution in [0.25, 0.3) is 0 Å². The zero-order chi connectivity index (χ0) is 17.8. The van der Waals surface area contributed by atoms with Crippen LogP contribution in [0.4, 0.5) is 0 Å². The third kappa shape index (κ3) is 3.15. The van der Waals surface area contributed by atoms with E-state index in [9.17, 15) is 4.79 Å². The molecule has 4 nitrogen and oxygen atoms in total. The number of carbonyl (C=O) groups is 1. The Kier molecular flexibility index (Phi) is 4.04. The lowest BCUT2D eigenvalue weighted by Gasteiger charge is -2.59. The number of hydrogen-bond acceptors (Lipinski definition) is 3. The van der Waals surface area contributed by atoms with Gasteiger partial charge >= 0.3 is 0 Å². The number of nitrogens with two attached hydrogens (primary N) is 1. The molecule has 5 heteroatoms. The molecule has 0 spiro atoms. The van der Waals surface area contributed by atoms with Crippen molar-refractivity contribution in [3.63, 3.8) is 0 Å². The van der Waals surface area contributed by atoms with Gasteiger partial charge in [0.05, 0.1) is 5.02 Å². The molecule has 5 rings (SSSR count). The third-order valence-corrected chi connectivity index (χ3v) is 6.68. The molecular formula is C20H27ClN2O2. The smallest absolute Gasteiger partial charge is 0.263 e. The number of hydrogen-bond donors (Lipinski definition) is 2. The van der Waals surface area contributed by atoms with Crippen LogP contribution < -0.4 is 15.8 Å². The highest BCUT2D eigenvalue weighted by molar-refractivity contribution is 6.32. The first-order valence-electron chi connectivity index (χ1n) is 9.29. The molecular weight excluding hydrogens is 336 g/mol. The first-order chi connectivity index (χ1) is 11.8. The standard InChI is InChI=1S/C20H27ClN2O2/c1-19(2,25-16-6-4-3-5-15(16)21)18(24)23-17-13-7-12-8-14(17)11-20(22,9-12)10-13/h3-6,12-14,17H,7-11,22H2,1-2H3,(H,23,24)/t12?,13-,14+,17?,20?. The van der Waals surface area contributed by atoms with Crippen molar-refractivity contribution in [2.45, 2.75) is 63.1 Å². The summed E-state index contributed by atoms with van der Waals surface area (Å²) in [5.74, 6) is 2.24. The summed E-state index contributed by atoms with van der Waals surface area (Å²) in [5, 5.41) is 3.81. The van der Waals surface area contributed by atoms with E-state index in [0.29, 0.717) is 22.6 Å². The van der Waals surface area contributed by atoms with Gasteiger partial charge in [-0.3, -0.25) is 4.79 Å². The van der Waals surface area contributed by atoms with E-state index in [4.69, 9.17) is 22.1 Å². The van der Waals surface area contributed by atoms with E-state index in [0.717, 1.165) is 18.8 Å². The minimum absolute atomic E-state index is 0.0152. The molecule has 25 heavy (non-hydrogen) atoms. The van der Waals surface area contributed by atoms with Crippen LogP contribution in [0.1, 0.15) is 46.0 Å². The van der Waals surface area contributed by atoms with Crippen molar-refractivity contribution in [1.82, 2.24) is 5.32 Å². The van der Waals surface area contributed by atoms with Crippen LogP contribution in [0.5, 0.6) is 5.75 Å². The molecule has 0 radical (unpaired) electrons. The van der Waals surface area contributed by atoms with Crippen LogP contribution in [0, 0.1) is 17.8 Å². The molecule has 4 aliphatic rings. The molecule has 3 N–H and O–H groups in total. The highest BCUT2D eigenvalue weighted by atomic mass is 35.5. The Morgan fingerprint density at radius 3 is 2.48 bits per heavy atom. The molecule has 3 unspecified atom stereocenters. The average Bonchev–Trinajstić information content (AvgIpc) is 2.51. The van der Waals surface area contributed by atoms with Gasteiger partial charge < -0.3 is 15.8 Å². The van der Waals surface area contributed by atoms with Crippen LogP contribution in [0.3, 0.4) is 0 Å². The molecule has 0 heterocycles. The largest absolute Gasteiger partial charge is 0.476 e. The minimum atomic E-state index is -0.972. The van der Waals surface area contributed by atoms with Crippen LogP contribution in [-0.2, 0) is 4.79 Å². The summed E-state index contributed by atoms with van der Waals surface area (Å²) in [7, 11) is 0. The van der Waals surface area contributed by atoms with E-state index in [1.165, 1.54) is 19.3 Å². The van der Waals surface area contributed by atoms with Gasteiger partial charge in [0.15, 0.2) is 5.60 Å². The predicted octanol–water partition coefficient (Wildman–Crippen LogP) is 3.52. The van der Waals surface area contributed by atoms with E-state index >= 15 is 0 Å². The normalized spacial score (nSPS) is 36.3. The SMILES string of the molecule is CC(C)(Oc1ccccc1Cl)C(=O)NC1[C@@H]2CC3C[C@H]1CC(N)(C3)C2. The summed E-state index contributed by atoms with van der Waals surface area (Å²) in [6.45, 7) is 3.60. The first-order valence-corrected chi connectivity index (χ1v) is 9.67. The van der Waals surface area contributed by atoms with Gasteiger partial charge in [0.1, 0.15) is 5.75 Å². The Morgan fingerprint density at radius 2 is 1.88 bits per heavy atom. The summed E-state index contributed by atoms with van der Waals surface area (Å²) in [4.78, 5) is 12.9. The van der Waals surface area contributed by atoms with Crippen molar-refractivity contribution in [3.8, 4) is 5.75 Å². The Morgan fingerprint density at radius 1 is 1.24 bits per heavy atom. The lowest BCUT2D eigenvalue weighted by atomic mass is 9.51. The van der Waals surface area contributed by atoms with Gasteiger partial charge in [0.25, 0.3) is 5.91 Å². The molecule has 136 valence electrons. The van der Waals surface area contributed by atoms with Gasteiger partial charge in [-0.05, 0) is 75.8 Å². The second kappa shape index (κ2) is 5.88. The molecule has 5 atom stereocenters. The second-order valence-corrected chi connectivity index (χ2v) is 9.28. The molecule has 0 saturated heterocycles. The molecule has 0 aliphatic heterocycles. The van der Waals surface area contributed by atoms with Gasteiger partial charge in [-0.2, -0.15) is 0 Å². The fourth-order valence-corrected chi connectivity index (χ4v) is 5.67. The van der Waals surface area contributed by atoms with Gasteiger partial charge in [0.2, 0.25) is 0 Å². The predicted molar refractivity (Wildman–Crippen MR) is 98.6 cm³/mol. The van der Waals surface area contributed by atoms with E-state index in [2.05, 4.69) is 5.32 Å². The third-order valence-electron chi connectivity index (χ3n) is 6.37. The Labute approximate surface area is 154 Å². The van der Waals surface area contributed by atoms with Crippen molar-refractivity contribution in [3.05, 3.63) is 29.3 Å². The van der Waals surface area contributed by atoms with E-state index in [1.54, 1.807) is 26.0 Å². The maximum Gasteiger partial charge on any atom is 0.263 e. The van der Waals surface area contributed by atoms with Crippen molar-refractivity contribution < 1.29 is 9.53 Å². The molecule has 0 aromatic heterocycles. The topological polar surface area (TPSA) is 64.3 Å². The molecule has 1 aromatic rings. The number of nitrogens with one attached hydrogen (secondary N) is 1. The minimum Gasteiger partial charge on any atom is -0.476 e. The summed E-state index contributed by atoms with van der Waals surface area (Å²) in [6, 6.07) is 7.49. The molecule has 1 amide bonds. The quantitative estimate of drug-likeness (QED) is 0.861. The maximum absolute atomic E-state index is 12.9. The number of benzene rings is 1.